The second-order valence-corrected chi connectivity index (χ2v) is 9.14. The van der Waals surface area contributed by atoms with Crippen molar-refractivity contribution in [2.45, 2.75) is 52.2 Å². The van der Waals surface area contributed by atoms with E-state index in [9.17, 15) is 0 Å². The third-order valence-electron chi connectivity index (χ3n) is 6.34. The summed E-state index contributed by atoms with van der Waals surface area (Å²) in [7, 11) is 4.91. The number of hydrogen-bond acceptors (Lipinski definition) is 6. The zero-order valence-corrected chi connectivity index (χ0v) is 21.5. The lowest BCUT2D eigenvalue weighted by Crippen LogP contribution is -2.24. The van der Waals surface area contributed by atoms with Gasteiger partial charge in [0.1, 0.15) is 0 Å². The summed E-state index contributed by atoms with van der Waals surface area (Å²) in [5.41, 5.74) is 5.68. The number of benzene rings is 2. The maximum absolute atomic E-state index is 6.01. The van der Waals surface area contributed by atoms with Crippen LogP contribution in [0, 0.1) is 0 Å². The first-order valence-corrected chi connectivity index (χ1v) is 12.8. The Morgan fingerprint density at radius 1 is 1.03 bits per heavy atom. The maximum atomic E-state index is 6.01. The molecule has 182 valence electrons. The lowest BCUT2D eigenvalue weighted by Gasteiger charge is -2.17. The summed E-state index contributed by atoms with van der Waals surface area (Å²) >= 11 is 1.65. The summed E-state index contributed by atoms with van der Waals surface area (Å²) in [6.45, 7) is 5.94. The summed E-state index contributed by atoms with van der Waals surface area (Å²) in [4.78, 5) is 6.20. The molecule has 1 aromatic heterocycles. The minimum absolute atomic E-state index is 0.182. The molecular weight excluding hydrogens is 448 g/mol. The van der Waals surface area contributed by atoms with Crippen LogP contribution in [0.4, 0.5) is 5.69 Å². The third-order valence-corrected chi connectivity index (χ3v) is 7.20. The first-order valence-electron chi connectivity index (χ1n) is 11.9. The molecule has 1 aliphatic rings. The fraction of sp³-hybridized carbons (Fsp3) is 0.444. The van der Waals surface area contributed by atoms with E-state index in [0.29, 0.717) is 17.2 Å². The number of hydrogen-bond donors (Lipinski definition) is 0. The van der Waals surface area contributed by atoms with Crippen LogP contribution in [-0.2, 0) is 24.1 Å². The van der Waals surface area contributed by atoms with E-state index in [1.165, 1.54) is 11.1 Å². The molecule has 0 bridgehead atoms. The quantitative estimate of drug-likeness (QED) is 0.388. The molecule has 1 atom stereocenters. The molecule has 0 spiro atoms. The van der Waals surface area contributed by atoms with E-state index in [-0.39, 0.29) is 6.10 Å². The Morgan fingerprint density at radius 2 is 1.71 bits per heavy atom. The second kappa shape index (κ2) is 11.1. The zero-order valence-electron chi connectivity index (χ0n) is 20.7. The summed E-state index contributed by atoms with van der Waals surface area (Å²) in [5.74, 6) is 1.86. The van der Waals surface area contributed by atoms with Crippen molar-refractivity contribution in [3.05, 3.63) is 51.6 Å². The Bertz CT molecular complexity index is 1140. The second-order valence-electron chi connectivity index (χ2n) is 8.31. The molecule has 0 amide bonds. The van der Waals surface area contributed by atoms with Crippen molar-refractivity contribution in [3.8, 4) is 28.5 Å². The maximum Gasteiger partial charge on any atom is 0.203 e. The Kier molecular flexibility index (Phi) is 7.95. The molecule has 1 fully saturated rings. The highest BCUT2D eigenvalue weighted by molar-refractivity contribution is 7.07. The highest BCUT2D eigenvalue weighted by Gasteiger charge is 2.21. The number of para-hydroxylation sites is 1. The minimum atomic E-state index is 0.182. The SMILES string of the molecule is CCc1cccc(CC)c1N=c1scc(-c2cc(OC)c(OC)c(OC)c2)n1C[C@@H]1CCCO1. The van der Waals surface area contributed by atoms with Gasteiger partial charge in [0.15, 0.2) is 16.3 Å². The van der Waals surface area contributed by atoms with E-state index >= 15 is 0 Å². The van der Waals surface area contributed by atoms with Gasteiger partial charge in [0, 0.05) is 17.6 Å². The highest BCUT2D eigenvalue weighted by atomic mass is 32.1. The highest BCUT2D eigenvalue weighted by Crippen LogP contribution is 2.41. The van der Waals surface area contributed by atoms with Crippen LogP contribution in [0.2, 0.25) is 0 Å². The van der Waals surface area contributed by atoms with Gasteiger partial charge in [-0.1, -0.05) is 32.0 Å². The lowest BCUT2D eigenvalue weighted by atomic mass is 10.0. The molecule has 0 saturated carbocycles. The number of rotatable bonds is 9. The Labute approximate surface area is 205 Å². The summed E-state index contributed by atoms with van der Waals surface area (Å²) in [6, 6.07) is 10.5. The van der Waals surface area contributed by atoms with Crippen LogP contribution in [0.15, 0.2) is 40.7 Å². The van der Waals surface area contributed by atoms with Gasteiger partial charge in [-0.2, -0.15) is 0 Å². The molecule has 0 radical (unpaired) electrons. The monoisotopic (exact) mass is 482 g/mol. The Balaban J connectivity index is 1.91. The van der Waals surface area contributed by atoms with Crippen molar-refractivity contribution >= 4 is 17.0 Å². The number of aryl methyl sites for hydroxylation is 2. The van der Waals surface area contributed by atoms with E-state index in [4.69, 9.17) is 23.9 Å². The first-order chi connectivity index (χ1) is 16.6. The number of thiazole rings is 1. The summed E-state index contributed by atoms with van der Waals surface area (Å²) < 4.78 is 25.1. The average molecular weight is 483 g/mol. The van der Waals surface area contributed by atoms with Crippen LogP contribution in [0.5, 0.6) is 17.2 Å². The standard InChI is InChI=1S/C27H34N2O4S/c1-6-18-10-8-11-19(7-2)25(18)28-27-29(16-21-12-9-13-33-21)22(17-34-27)20-14-23(30-3)26(32-5)24(15-20)31-4/h8,10-11,14-15,17,21H,6-7,9,12-13,16H2,1-5H3/t21-/m0/s1. The third kappa shape index (κ3) is 4.86. The van der Waals surface area contributed by atoms with E-state index in [1.54, 1.807) is 32.7 Å². The number of methoxy groups -OCH3 is 3. The molecular formula is C27H34N2O4S. The van der Waals surface area contributed by atoms with Crippen molar-refractivity contribution in [3.63, 3.8) is 0 Å². The molecule has 0 aliphatic carbocycles. The molecule has 1 saturated heterocycles. The number of nitrogens with zero attached hydrogens (tertiary/aromatic N) is 2. The molecule has 7 heteroatoms. The van der Waals surface area contributed by atoms with Gasteiger partial charge in [0.05, 0.1) is 45.4 Å². The van der Waals surface area contributed by atoms with E-state index in [2.05, 4.69) is 42.0 Å². The van der Waals surface area contributed by atoms with Crippen LogP contribution in [0.3, 0.4) is 0 Å². The number of ether oxygens (including phenoxy) is 4. The van der Waals surface area contributed by atoms with Crippen LogP contribution in [0.1, 0.15) is 37.8 Å². The molecule has 2 aromatic carbocycles. The fourth-order valence-electron chi connectivity index (χ4n) is 4.50. The van der Waals surface area contributed by atoms with E-state index in [1.807, 2.05) is 12.1 Å². The molecule has 3 aromatic rings. The summed E-state index contributed by atoms with van der Waals surface area (Å²) in [6.07, 6.45) is 4.23. The van der Waals surface area contributed by atoms with Gasteiger partial charge in [-0.05, 0) is 48.9 Å². The molecule has 0 unspecified atom stereocenters. The van der Waals surface area contributed by atoms with Crippen molar-refractivity contribution in [1.29, 1.82) is 0 Å². The van der Waals surface area contributed by atoms with Gasteiger partial charge in [0.2, 0.25) is 5.75 Å². The van der Waals surface area contributed by atoms with Crippen LogP contribution in [-0.4, -0.2) is 38.6 Å². The van der Waals surface area contributed by atoms with Crippen LogP contribution in [0.25, 0.3) is 11.3 Å². The lowest BCUT2D eigenvalue weighted by molar-refractivity contribution is 0.0968. The van der Waals surface area contributed by atoms with Crippen molar-refractivity contribution in [2.24, 2.45) is 4.99 Å². The molecule has 1 aliphatic heterocycles. The Hall–Kier alpha value is -2.77. The van der Waals surface area contributed by atoms with Crippen molar-refractivity contribution in [2.75, 3.05) is 27.9 Å². The normalized spacial score (nSPS) is 16.1. The first kappa shape index (κ1) is 24.4. The largest absolute Gasteiger partial charge is 0.493 e. The molecule has 2 heterocycles. The molecule has 0 N–H and O–H groups in total. The van der Waals surface area contributed by atoms with Crippen LogP contribution < -0.4 is 19.0 Å². The summed E-state index contributed by atoms with van der Waals surface area (Å²) in [5, 5.41) is 2.16. The number of aromatic nitrogens is 1. The van der Waals surface area contributed by atoms with E-state index in [0.717, 1.165) is 60.6 Å². The predicted molar refractivity (Wildman–Crippen MR) is 137 cm³/mol. The van der Waals surface area contributed by atoms with Gasteiger partial charge >= 0.3 is 0 Å². The minimum Gasteiger partial charge on any atom is -0.493 e. The Morgan fingerprint density at radius 3 is 2.24 bits per heavy atom. The van der Waals surface area contributed by atoms with E-state index < -0.39 is 0 Å². The van der Waals surface area contributed by atoms with Gasteiger partial charge < -0.3 is 23.5 Å². The van der Waals surface area contributed by atoms with Crippen molar-refractivity contribution < 1.29 is 18.9 Å². The van der Waals surface area contributed by atoms with Gasteiger partial charge in [-0.25, -0.2) is 4.99 Å². The fourth-order valence-corrected chi connectivity index (χ4v) is 5.43. The topological polar surface area (TPSA) is 54.2 Å². The predicted octanol–water partition coefficient (Wildman–Crippen LogP) is 5.78. The van der Waals surface area contributed by atoms with Crippen molar-refractivity contribution in [1.82, 2.24) is 4.57 Å². The van der Waals surface area contributed by atoms with Gasteiger partial charge in [-0.15, -0.1) is 11.3 Å². The zero-order chi connectivity index (χ0) is 24.1. The molecule has 34 heavy (non-hydrogen) atoms. The molecule has 6 nitrogen and oxygen atoms in total. The van der Waals surface area contributed by atoms with Gasteiger partial charge in [0.25, 0.3) is 0 Å². The smallest absolute Gasteiger partial charge is 0.203 e. The molecule has 4 rings (SSSR count). The van der Waals surface area contributed by atoms with Gasteiger partial charge in [-0.3, -0.25) is 0 Å². The van der Waals surface area contributed by atoms with Crippen LogP contribution >= 0.6 is 11.3 Å². The average Bonchev–Trinajstić information content (AvgIpc) is 3.53.